The molecule has 0 unspecified atom stereocenters. The van der Waals surface area contributed by atoms with E-state index in [1.165, 1.54) is 45.2 Å². The Hall–Kier alpha value is -0.0800. The fourth-order valence-electron chi connectivity index (χ4n) is 3.29. The summed E-state index contributed by atoms with van der Waals surface area (Å²) >= 11 is 0. The Morgan fingerprint density at radius 1 is 1.21 bits per heavy atom. The SMILES string of the molecule is CCN(C)[C@@H]1CCN[C@@H]2CCCC[C@H]12. The average molecular weight is 196 g/mol. The van der Waals surface area contributed by atoms with Gasteiger partial charge in [-0.2, -0.15) is 0 Å². The van der Waals surface area contributed by atoms with Gasteiger partial charge in [-0.1, -0.05) is 19.8 Å². The van der Waals surface area contributed by atoms with Gasteiger partial charge < -0.3 is 10.2 Å². The highest BCUT2D eigenvalue weighted by atomic mass is 15.1. The maximum Gasteiger partial charge on any atom is 0.0147 e. The van der Waals surface area contributed by atoms with Crippen LogP contribution in [0.3, 0.4) is 0 Å². The van der Waals surface area contributed by atoms with Gasteiger partial charge in [0.25, 0.3) is 0 Å². The normalized spacial score (nSPS) is 38.4. The molecule has 2 nitrogen and oxygen atoms in total. The number of nitrogens with one attached hydrogen (secondary N) is 1. The Balaban J connectivity index is 2.01. The fraction of sp³-hybridized carbons (Fsp3) is 1.00. The second kappa shape index (κ2) is 4.63. The molecule has 0 aromatic heterocycles. The summed E-state index contributed by atoms with van der Waals surface area (Å²) in [6, 6.07) is 1.68. The van der Waals surface area contributed by atoms with Crippen LogP contribution in [0.2, 0.25) is 0 Å². The molecule has 0 aromatic carbocycles. The summed E-state index contributed by atoms with van der Waals surface area (Å²) in [6.07, 6.45) is 7.12. The topological polar surface area (TPSA) is 15.3 Å². The molecule has 0 amide bonds. The Bertz CT molecular complexity index is 177. The third-order valence-corrected chi connectivity index (χ3v) is 4.23. The highest BCUT2D eigenvalue weighted by Gasteiger charge is 2.35. The van der Waals surface area contributed by atoms with Gasteiger partial charge in [0.1, 0.15) is 0 Å². The van der Waals surface area contributed by atoms with Crippen LogP contribution in [0.5, 0.6) is 0 Å². The number of rotatable bonds is 2. The van der Waals surface area contributed by atoms with Crippen molar-refractivity contribution >= 4 is 0 Å². The highest BCUT2D eigenvalue weighted by molar-refractivity contribution is 4.93. The molecule has 0 spiro atoms. The molecule has 0 aromatic rings. The summed E-state index contributed by atoms with van der Waals surface area (Å²) < 4.78 is 0. The van der Waals surface area contributed by atoms with Crippen LogP contribution in [0, 0.1) is 5.92 Å². The van der Waals surface area contributed by atoms with Gasteiger partial charge in [0.05, 0.1) is 0 Å². The lowest BCUT2D eigenvalue weighted by atomic mass is 9.76. The minimum absolute atomic E-state index is 0.830. The molecule has 0 radical (unpaired) electrons. The molecule has 2 rings (SSSR count). The average Bonchev–Trinajstić information content (AvgIpc) is 2.27. The van der Waals surface area contributed by atoms with E-state index >= 15 is 0 Å². The molecular formula is C12H24N2. The first kappa shape index (κ1) is 10.4. The van der Waals surface area contributed by atoms with Crippen molar-refractivity contribution < 1.29 is 0 Å². The van der Waals surface area contributed by atoms with E-state index < -0.39 is 0 Å². The van der Waals surface area contributed by atoms with Gasteiger partial charge in [-0.05, 0) is 45.3 Å². The molecule has 2 fully saturated rings. The van der Waals surface area contributed by atoms with Crippen molar-refractivity contribution in [3.8, 4) is 0 Å². The Labute approximate surface area is 88.1 Å². The minimum atomic E-state index is 0.830. The highest BCUT2D eigenvalue weighted by Crippen LogP contribution is 2.32. The monoisotopic (exact) mass is 196 g/mol. The Morgan fingerprint density at radius 2 is 2.00 bits per heavy atom. The van der Waals surface area contributed by atoms with Crippen LogP contribution in [-0.4, -0.2) is 37.1 Å². The van der Waals surface area contributed by atoms with Crippen LogP contribution < -0.4 is 5.32 Å². The Kier molecular flexibility index (Phi) is 3.45. The third-order valence-electron chi connectivity index (χ3n) is 4.23. The van der Waals surface area contributed by atoms with E-state index in [9.17, 15) is 0 Å². The summed E-state index contributed by atoms with van der Waals surface area (Å²) in [4.78, 5) is 2.56. The first-order chi connectivity index (χ1) is 6.83. The standard InChI is InChI=1S/C12H24N2/c1-3-14(2)12-8-9-13-11-7-5-4-6-10(11)12/h10-13H,3-9H2,1-2H3/t10-,11+,12+/m0/s1. The van der Waals surface area contributed by atoms with Crippen molar-refractivity contribution in [3.63, 3.8) is 0 Å². The van der Waals surface area contributed by atoms with Crippen LogP contribution in [0.15, 0.2) is 0 Å². The Morgan fingerprint density at radius 3 is 2.79 bits per heavy atom. The van der Waals surface area contributed by atoms with E-state index in [0.717, 1.165) is 18.0 Å². The van der Waals surface area contributed by atoms with Crippen molar-refractivity contribution in [2.45, 2.75) is 51.1 Å². The molecule has 2 heteroatoms. The lowest BCUT2D eigenvalue weighted by Crippen LogP contribution is -2.55. The lowest BCUT2D eigenvalue weighted by Gasteiger charge is -2.45. The first-order valence-electron chi connectivity index (χ1n) is 6.26. The van der Waals surface area contributed by atoms with Crippen LogP contribution >= 0.6 is 0 Å². The summed E-state index contributed by atoms with van der Waals surface area (Å²) in [5.74, 6) is 0.933. The maximum absolute atomic E-state index is 3.70. The van der Waals surface area contributed by atoms with Crippen LogP contribution in [-0.2, 0) is 0 Å². The van der Waals surface area contributed by atoms with Gasteiger partial charge >= 0.3 is 0 Å². The zero-order chi connectivity index (χ0) is 9.97. The van der Waals surface area contributed by atoms with Crippen molar-refractivity contribution in [2.75, 3.05) is 20.1 Å². The molecule has 1 saturated carbocycles. The van der Waals surface area contributed by atoms with E-state index in [1.54, 1.807) is 0 Å². The molecule has 1 aliphatic heterocycles. The molecule has 14 heavy (non-hydrogen) atoms. The van der Waals surface area contributed by atoms with Crippen LogP contribution in [0.1, 0.15) is 39.0 Å². The number of nitrogens with zero attached hydrogens (tertiary/aromatic N) is 1. The van der Waals surface area contributed by atoms with E-state index in [2.05, 4.69) is 24.2 Å². The molecule has 0 bridgehead atoms. The van der Waals surface area contributed by atoms with E-state index in [-0.39, 0.29) is 0 Å². The maximum atomic E-state index is 3.70. The number of piperidine rings is 1. The third kappa shape index (κ3) is 1.96. The van der Waals surface area contributed by atoms with E-state index in [4.69, 9.17) is 0 Å². The summed E-state index contributed by atoms with van der Waals surface area (Å²) in [7, 11) is 2.29. The molecule has 1 N–H and O–H groups in total. The van der Waals surface area contributed by atoms with Gasteiger partial charge in [0.15, 0.2) is 0 Å². The summed E-state index contributed by atoms with van der Waals surface area (Å²) in [6.45, 7) is 4.71. The van der Waals surface area contributed by atoms with Crippen molar-refractivity contribution in [1.82, 2.24) is 10.2 Å². The quantitative estimate of drug-likeness (QED) is 0.725. The molecular weight excluding hydrogens is 172 g/mol. The predicted molar refractivity (Wildman–Crippen MR) is 60.5 cm³/mol. The van der Waals surface area contributed by atoms with Crippen molar-refractivity contribution in [2.24, 2.45) is 5.92 Å². The fourth-order valence-corrected chi connectivity index (χ4v) is 3.29. The number of fused-ring (bicyclic) bond motifs is 1. The summed E-state index contributed by atoms with van der Waals surface area (Å²) in [5, 5.41) is 3.70. The van der Waals surface area contributed by atoms with Gasteiger partial charge in [0, 0.05) is 12.1 Å². The van der Waals surface area contributed by atoms with Gasteiger partial charge in [-0.3, -0.25) is 0 Å². The molecule has 82 valence electrons. The summed E-state index contributed by atoms with van der Waals surface area (Å²) in [5.41, 5.74) is 0. The van der Waals surface area contributed by atoms with Gasteiger partial charge in [-0.15, -0.1) is 0 Å². The van der Waals surface area contributed by atoms with E-state index in [0.29, 0.717) is 0 Å². The zero-order valence-electron chi connectivity index (χ0n) is 9.63. The van der Waals surface area contributed by atoms with Crippen molar-refractivity contribution in [3.05, 3.63) is 0 Å². The molecule has 3 atom stereocenters. The van der Waals surface area contributed by atoms with Crippen LogP contribution in [0.25, 0.3) is 0 Å². The molecule has 1 saturated heterocycles. The second-order valence-corrected chi connectivity index (χ2v) is 4.94. The molecule has 1 aliphatic carbocycles. The van der Waals surface area contributed by atoms with Crippen LogP contribution in [0.4, 0.5) is 0 Å². The second-order valence-electron chi connectivity index (χ2n) is 4.94. The predicted octanol–water partition coefficient (Wildman–Crippen LogP) is 1.86. The lowest BCUT2D eigenvalue weighted by molar-refractivity contribution is 0.0837. The first-order valence-corrected chi connectivity index (χ1v) is 6.26. The smallest absolute Gasteiger partial charge is 0.0147 e. The van der Waals surface area contributed by atoms with Gasteiger partial charge in [0.2, 0.25) is 0 Å². The zero-order valence-corrected chi connectivity index (χ0v) is 9.63. The van der Waals surface area contributed by atoms with E-state index in [1.807, 2.05) is 0 Å². The largest absolute Gasteiger partial charge is 0.314 e. The molecule has 1 heterocycles. The minimum Gasteiger partial charge on any atom is -0.314 e. The van der Waals surface area contributed by atoms with Crippen molar-refractivity contribution in [1.29, 1.82) is 0 Å². The number of hydrogen-bond acceptors (Lipinski definition) is 2. The molecule has 2 aliphatic rings. The van der Waals surface area contributed by atoms with Gasteiger partial charge in [-0.25, -0.2) is 0 Å². The number of hydrogen-bond donors (Lipinski definition) is 1.